The zero-order valence-corrected chi connectivity index (χ0v) is 16.8. The first-order valence-electron chi connectivity index (χ1n) is 8.22. The molecule has 0 aliphatic carbocycles. The fraction of sp³-hybridized carbons (Fsp3) is 0.350. The van der Waals surface area contributed by atoms with Crippen molar-refractivity contribution in [1.29, 1.82) is 0 Å². The number of rotatable bonds is 5. The molecule has 0 aromatic heterocycles. The molecule has 1 atom stereocenters. The van der Waals surface area contributed by atoms with Gasteiger partial charge in [0.05, 0.1) is 16.1 Å². The third kappa shape index (κ3) is 4.75. The van der Waals surface area contributed by atoms with Crippen LogP contribution in [0.2, 0.25) is 10.0 Å². The molecule has 0 saturated heterocycles. The predicted molar refractivity (Wildman–Crippen MR) is 107 cm³/mol. The molecule has 0 aliphatic heterocycles. The Morgan fingerprint density at radius 2 is 1.76 bits per heavy atom. The zero-order valence-electron chi connectivity index (χ0n) is 15.3. The first-order valence-corrected chi connectivity index (χ1v) is 8.98. The van der Waals surface area contributed by atoms with Gasteiger partial charge in [-0.15, -0.1) is 0 Å². The van der Waals surface area contributed by atoms with Gasteiger partial charge in [0, 0.05) is 12.2 Å². The van der Waals surface area contributed by atoms with Crippen molar-refractivity contribution in [2.75, 3.05) is 12.4 Å². The summed E-state index contributed by atoms with van der Waals surface area (Å²) in [6.07, 6.45) is 0. The van der Waals surface area contributed by atoms with Gasteiger partial charge in [-0.1, -0.05) is 53.0 Å². The summed E-state index contributed by atoms with van der Waals surface area (Å²) in [6.45, 7) is 8.49. The van der Waals surface area contributed by atoms with Crippen molar-refractivity contribution in [1.82, 2.24) is 4.90 Å². The molecule has 0 saturated carbocycles. The Morgan fingerprint density at radius 1 is 1.16 bits per heavy atom. The third-order valence-electron chi connectivity index (χ3n) is 4.42. The second-order valence-electron chi connectivity index (χ2n) is 6.57. The van der Waals surface area contributed by atoms with E-state index in [2.05, 4.69) is 24.4 Å². The van der Waals surface area contributed by atoms with Gasteiger partial charge in [0.25, 0.3) is 0 Å². The second-order valence-corrected chi connectivity index (χ2v) is 7.35. The predicted octanol–water partition coefficient (Wildman–Crippen LogP) is 5.38. The number of hydrogen-bond donors (Lipinski definition) is 1. The van der Waals surface area contributed by atoms with Crippen LogP contribution in [0, 0.1) is 20.8 Å². The third-order valence-corrected chi connectivity index (χ3v) is 5.28. The van der Waals surface area contributed by atoms with Gasteiger partial charge in [-0.3, -0.25) is 9.69 Å². The van der Waals surface area contributed by atoms with Crippen LogP contribution in [0.1, 0.15) is 29.2 Å². The van der Waals surface area contributed by atoms with E-state index in [0.717, 1.165) is 22.4 Å². The van der Waals surface area contributed by atoms with E-state index in [1.165, 1.54) is 5.56 Å². The van der Waals surface area contributed by atoms with E-state index in [1.54, 1.807) is 6.07 Å². The summed E-state index contributed by atoms with van der Waals surface area (Å²) in [7, 11) is 1.90. The number of hydrogen-bond acceptors (Lipinski definition) is 2. The number of amides is 1. The number of aryl methyl sites for hydroxylation is 3. The Labute approximate surface area is 159 Å². The molecule has 0 bridgehead atoms. The highest BCUT2D eigenvalue weighted by atomic mass is 35.5. The zero-order chi connectivity index (χ0) is 18.7. The molecule has 134 valence electrons. The van der Waals surface area contributed by atoms with Crippen LogP contribution in [0.3, 0.4) is 0 Å². The fourth-order valence-corrected chi connectivity index (χ4v) is 3.26. The number of anilines is 1. The molecule has 0 heterocycles. The van der Waals surface area contributed by atoms with Crippen LogP contribution in [0.25, 0.3) is 0 Å². The normalized spacial score (nSPS) is 12.3. The molecular weight excluding hydrogens is 355 g/mol. The lowest BCUT2D eigenvalue weighted by molar-refractivity contribution is -0.120. The monoisotopic (exact) mass is 378 g/mol. The fourth-order valence-electron chi connectivity index (χ4n) is 2.88. The van der Waals surface area contributed by atoms with Crippen molar-refractivity contribution in [3.63, 3.8) is 0 Å². The molecule has 5 heteroatoms. The SMILES string of the molecule is Cc1cc(C)c(NC(=O)[C@@H](C)N(C)Cc2cccc(Cl)c2Cl)c(C)c1. The summed E-state index contributed by atoms with van der Waals surface area (Å²) in [5.41, 5.74) is 5.11. The van der Waals surface area contributed by atoms with Crippen LogP contribution in [0.15, 0.2) is 30.3 Å². The number of benzene rings is 2. The van der Waals surface area contributed by atoms with Gasteiger partial charge in [0.2, 0.25) is 5.91 Å². The van der Waals surface area contributed by atoms with Crippen LogP contribution < -0.4 is 5.32 Å². The first-order chi connectivity index (χ1) is 11.7. The Bertz CT molecular complexity index is 766. The van der Waals surface area contributed by atoms with Crippen LogP contribution in [-0.2, 0) is 11.3 Å². The quantitative estimate of drug-likeness (QED) is 0.757. The number of likely N-dealkylation sites (N-methyl/N-ethyl adjacent to an activating group) is 1. The minimum atomic E-state index is -0.310. The van der Waals surface area contributed by atoms with Gasteiger partial charge in [0.15, 0.2) is 0 Å². The van der Waals surface area contributed by atoms with Gasteiger partial charge in [-0.05, 0) is 57.5 Å². The lowest BCUT2D eigenvalue weighted by Gasteiger charge is -2.25. The summed E-state index contributed by atoms with van der Waals surface area (Å²) in [5.74, 6) is -0.0456. The molecule has 25 heavy (non-hydrogen) atoms. The number of carbonyl (C=O) groups is 1. The van der Waals surface area contributed by atoms with E-state index in [9.17, 15) is 4.79 Å². The smallest absolute Gasteiger partial charge is 0.241 e. The largest absolute Gasteiger partial charge is 0.324 e. The van der Waals surface area contributed by atoms with E-state index >= 15 is 0 Å². The lowest BCUT2D eigenvalue weighted by atomic mass is 10.0. The highest BCUT2D eigenvalue weighted by molar-refractivity contribution is 6.42. The van der Waals surface area contributed by atoms with Gasteiger partial charge in [-0.2, -0.15) is 0 Å². The summed E-state index contributed by atoms with van der Waals surface area (Å²) in [6, 6.07) is 9.37. The molecule has 2 rings (SSSR count). The van der Waals surface area contributed by atoms with Crippen molar-refractivity contribution in [2.24, 2.45) is 0 Å². The van der Waals surface area contributed by atoms with Crippen LogP contribution in [-0.4, -0.2) is 23.9 Å². The molecule has 3 nitrogen and oxygen atoms in total. The van der Waals surface area contributed by atoms with E-state index in [1.807, 2.05) is 44.9 Å². The molecule has 1 N–H and O–H groups in total. The second kappa shape index (κ2) is 8.22. The summed E-state index contributed by atoms with van der Waals surface area (Å²) in [5, 5.41) is 4.12. The summed E-state index contributed by atoms with van der Waals surface area (Å²) in [4.78, 5) is 14.6. The Kier molecular flexibility index (Phi) is 6.50. The average molecular weight is 379 g/mol. The highest BCUT2D eigenvalue weighted by Gasteiger charge is 2.20. The molecule has 2 aromatic carbocycles. The van der Waals surface area contributed by atoms with Crippen molar-refractivity contribution in [3.05, 3.63) is 62.6 Å². The van der Waals surface area contributed by atoms with E-state index in [-0.39, 0.29) is 11.9 Å². The molecule has 2 aromatic rings. The van der Waals surface area contributed by atoms with Crippen LogP contribution in [0.5, 0.6) is 0 Å². The van der Waals surface area contributed by atoms with E-state index in [4.69, 9.17) is 23.2 Å². The lowest BCUT2D eigenvalue weighted by Crippen LogP contribution is -2.39. The van der Waals surface area contributed by atoms with Crippen molar-refractivity contribution in [3.8, 4) is 0 Å². The topological polar surface area (TPSA) is 32.3 Å². The minimum Gasteiger partial charge on any atom is -0.324 e. The number of carbonyl (C=O) groups excluding carboxylic acids is 1. The summed E-state index contributed by atoms with van der Waals surface area (Å²) < 4.78 is 0. The molecule has 1 amide bonds. The maximum absolute atomic E-state index is 12.7. The Hall–Kier alpha value is -1.55. The summed E-state index contributed by atoms with van der Waals surface area (Å²) >= 11 is 12.3. The van der Waals surface area contributed by atoms with Crippen LogP contribution in [0.4, 0.5) is 5.69 Å². The van der Waals surface area contributed by atoms with Crippen molar-refractivity contribution >= 4 is 34.8 Å². The maximum Gasteiger partial charge on any atom is 0.241 e. The van der Waals surface area contributed by atoms with Crippen molar-refractivity contribution < 1.29 is 4.79 Å². The highest BCUT2D eigenvalue weighted by Crippen LogP contribution is 2.27. The van der Waals surface area contributed by atoms with Crippen LogP contribution >= 0.6 is 23.2 Å². The van der Waals surface area contributed by atoms with E-state index in [0.29, 0.717) is 16.6 Å². The van der Waals surface area contributed by atoms with Crippen molar-refractivity contribution in [2.45, 2.75) is 40.3 Å². The Balaban J connectivity index is 2.10. The molecule has 0 spiro atoms. The maximum atomic E-state index is 12.7. The molecule has 0 radical (unpaired) electrons. The number of nitrogens with zero attached hydrogens (tertiary/aromatic N) is 1. The molecule has 0 unspecified atom stereocenters. The van der Waals surface area contributed by atoms with E-state index < -0.39 is 0 Å². The first kappa shape index (κ1) is 19.8. The molecule has 0 aliphatic rings. The van der Waals surface area contributed by atoms with Gasteiger partial charge in [0.1, 0.15) is 0 Å². The molecule has 0 fully saturated rings. The standard InChI is InChI=1S/C20H24Cl2N2O/c1-12-9-13(2)19(14(3)10-12)23-20(25)15(4)24(5)11-16-7-6-8-17(21)18(16)22/h6-10,15H,11H2,1-5H3,(H,23,25)/t15-/m1/s1. The minimum absolute atomic E-state index is 0.0456. The van der Waals surface area contributed by atoms with Gasteiger partial charge < -0.3 is 5.32 Å². The Morgan fingerprint density at radius 3 is 2.36 bits per heavy atom. The number of halogens is 2. The molecular formula is C20H24Cl2N2O. The number of nitrogens with one attached hydrogen (secondary N) is 1. The van der Waals surface area contributed by atoms with Gasteiger partial charge >= 0.3 is 0 Å². The van der Waals surface area contributed by atoms with Gasteiger partial charge in [-0.25, -0.2) is 0 Å². The average Bonchev–Trinajstić information content (AvgIpc) is 2.54.